The Kier molecular flexibility index (Phi) is 7.25. The van der Waals surface area contributed by atoms with E-state index in [1.54, 1.807) is 11.3 Å². The molecule has 0 aliphatic heterocycles. The second-order valence-corrected chi connectivity index (χ2v) is 7.15. The zero-order valence-corrected chi connectivity index (χ0v) is 15.9. The van der Waals surface area contributed by atoms with Gasteiger partial charge in [-0.3, -0.25) is 4.99 Å². The van der Waals surface area contributed by atoms with Crippen LogP contribution < -0.4 is 10.6 Å². The lowest BCUT2D eigenvalue weighted by molar-refractivity contribution is 0.550. The first-order valence-corrected chi connectivity index (χ1v) is 9.41. The van der Waals surface area contributed by atoms with Crippen molar-refractivity contribution in [2.45, 2.75) is 45.6 Å². The van der Waals surface area contributed by atoms with Crippen molar-refractivity contribution in [2.75, 3.05) is 13.6 Å². The summed E-state index contributed by atoms with van der Waals surface area (Å²) in [6.45, 7) is 7.43. The Balaban J connectivity index is 1.81. The van der Waals surface area contributed by atoms with E-state index in [9.17, 15) is 0 Å². The first-order chi connectivity index (χ1) is 11.6. The molecule has 0 radical (unpaired) electrons. The van der Waals surface area contributed by atoms with Gasteiger partial charge in [-0.05, 0) is 18.9 Å². The van der Waals surface area contributed by atoms with Crippen LogP contribution >= 0.6 is 11.3 Å². The molecule has 24 heavy (non-hydrogen) atoms. The average Bonchev–Trinajstić information content (AvgIpc) is 3.08. The molecule has 0 saturated heterocycles. The first kappa shape index (κ1) is 18.5. The Morgan fingerprint density at radius 1 is 1.25 bits per heavy atom. The molecular formula is C19H28N4S. The minimum Gasteiger partial charge on any atom is -0.356 e. The molecule has 0 saturated carbocycles. The van der Waals surface area contributed by atoms with E-state index in [-0.39, 0.29) is 0 Å². The highest BCUT2D eigenvalue weighted by Gasteiger charge is 2.15. The van der Waals surface area contributed by atoms with Crippen molar-refractivity contribution in [2.24, 2.45) is 4.99 Å². The van der Waals surface area contributed by atoms with Gasteiger partial charge in [0.25, 0.3) is 0 Å². The molecule has 4 nitrogen and oxygen atoms in total. The van der Waals surface area contributed by atoms with Gasteiger partial charge in [-0.15, -0.1) is 11.3 Å². The number of aryl methyl sites for hydroxylation is 1. The van der Waals surface area contributed by atoms with Gasteiger partial charge in [-0.25, -0.2) is 4.98 Å². The van der Waals surface area contributed by atoms with Gasteiger partial charge in [0.2, 0.25) is 0 Å². The molecule has 0 spiro atoms. The smallest absolute Gasteiger partial charge is 0.191 e. The van der Waals surface area contributed by atoms with E-state index in [4.69, 9.17) is 0 Å². The second kappa shape index (κ2) is 9.42. The summed E-state index contributed by atoms with van der Waals surface area (Å²) in [5.41, 5.74) is 1.34. The van der Waals surface area contributed by atoms with Crippen LogP contribution in [-0.2, 0) is 12.8 Å². The maximum atomic E-state index is 4.46. The Morgan fingerprint density at radius 2 is 2.00 bits per heavy atom. The fourth-order valence-electron chi connectivity index (χ4n) is 2.50. The summed E-state index contributed by atoms with van der Waals surface area (Å²) >= 11 is 1.80. The minimum absolute atomic E-state index is 0.296. The number of rotatable bonds is 7. The number of nitrogens with one attached hydrogen (secondary N) is 2. The molecule has 2 aromatic rings. The second-order valence-electron chi connectivity index (χ2n) is 5.96. The molecule has 0 aliphatic carbocycles. The van der Waals surface area contributed by atoms with Crippen LogP contribution in [0.25, 0.3) is 0 Å². The Hall–Kier alpha value is -1.88. The zero-order valence-electron chi connectivity index (χ0n) is 15.0. The predicted octanol–water partition coefficient (Wildman–Crippen LogP) is 3.61. The Labute approximate surface area is 149 Å². The fourth-order valence-corrected chi connectivity index (χ4v) is 3.36. The molecule has 0 aliphatic rings. The van der Waals surface area contributed by atoms with E-state index < -0.39 is 0 Å². The van der Waals surface area contributed by atoms with Gasteiger partial charge in [0.05, 0.1) is 5.01 Å². The van der Waals surface area contributed by atoms with Gasteiger partial charge >= 0.3 is 0 Å². The van der Waals surface area contributed by atoms with Crippen LogP contribution in [0.4, 0.5) is 0 Å². The van der Waals surface area contributed by atoms with E-state index in [0.717, 1.165) is 25.3 Å². The van der Waals surface area contributed by atoms with Gasteiger partial charge in [0.1, 0.15) is 0 Å². The number of hydrogen-bond acceptors (Lipinski definition) is 3. The fraction of sp³-hybridized carbons (Fsp3) is 0.474. The normalized spacial score (nSPS) is 14.2. The van der Waals surface area contributed by atoms with E-state index in [1.165, 1.54) is 15.4 Å². The molecule has 1 aromatic heterocycles. The molecule has 5 heteroatoms. The molecule has 130 valence electrons. The molecule has 2 unspecified atom stereocenters. The molecule has 2 atom stereocenters. The van der Waals surface area contributed by atoms with E-state index in [0.29, 0.717) is 12.0 Å². The maximum absolute atomic E-state index is 4.46. The molecule has 1 aromatic carbocycles. The third kappa shape index (κ3) is 5.34. The number of guanidine groups is 1. The predicted molar refractivity (Wildman–Crippen MR) is 104 cm³/mol. The molecule has 2 N–H and O–H groups in total. The Bertz CT molecular complexity index is 636. The molecular weight excluding hydrogens is 316 g/mol. The van der Waals surface area contributed by atoms with Crippen LogP contribution in [-0.4, -0.2) is 30.6 Å². The largest absolute Gasteiger partial charge is 0.356 e. The molecule has 0 fully saturated rings. The summed E-state index contributed by atoms with van der Waals surface area (Å²) in [6, 6.07) is 10.9. The molecule has 2 rings (SSSR count). The first-order valence-electron chi connectivity index (χ1n) is 8.59. The topological polar surface area (TPSA) is 49.3 Å². The average molecular weight is 345 g/mol. The van der Waals surface area contributed by atoms with Crippen molar-refractivity contribution in [1.82, 2.24) is 15.6 Å². The highest BCUT2D eigenvalue weighted by molar-refractivity contribution is 7.11. The summed E-state index contributed by atoms with van der Waals surface area (Å²) in [4.78, 5) is 10.1. The van der Waals surface area contributed by atoms with Crippen molar-refractivity contribution in [1.29, 1.82) is 0 Å². The number of thiazole rings is 1. The molecule has 1 heterocycles. The number of nitrogens with zero attached hydrogens (tertiary/aromatic N) is 2. The van der Waals surface area contributed by atoms with Gasteiger partial charge in [-0.1, -0.05) is 44.2 Å². The van der Waals surface area contributed by atoms with Gasteiger partial charge < -0.3 is 10.6 Å². The third-order valence-electron chi connectivity index (χ3n) is 4.24. The SMILES string of the molecule is CCc1cnc(CCNC(=NC)NC(C)C(C)c2ccccc2)s1. The standard InChI is InChI=1S/C19H28N4S/c1-5-17-13-22-18(24-17)11-12-21-19(20-4)23-15(3)14(2)16-9-7-6-8-10-16/h6-10,13-15H,5,11-12H2,1-4H3,(H2,20,21,23). The van der Waals surface area contributed by atoms with Crippen molar-refractivity contribution in [3.05, 3.63) is 52.0 Å². The van der Waals surface area contributed by atoms with Crippen LogP contribution in [0.1, 0.15) is 42.1 Å². The summed E-state index contributed by atoms with van der Waals surface area (Å²) in [5.74, 6) is 1.26. The van der Waals surface area contributed by atoms with Crippen molar-refractivity contribution < 1.29 is 0 Å². The van der Waals surface area contributed by atoms with E-state index in [2.05, 4.69) is 71.7 Å². The maximum Gasteiger partial charge on any atom is 0.191 e. The van der Waals surface area contributed by atoms with Crippen LogP contribution in [0.2, 0.25) is 0 Å². The number of hydrogen-bond donors (Lipinski definition) is 2. The van der Waals surface area contributed by atoms with Gasteiger partial charge in [-0.2, -0.15) is 0 Å². The summed E-state index contributed by atoms with van der Waals surface area (Å²) in [7, 11) is 1.81. The number of benzene rings is 1. The lowest BCUT2D eigenvalue weighted by Crippen LogP contribution is -2.44. The van der Waals surface area contributed by atoms with Gasteiger partial charge in [0, 0.05) is 43.0 Å². The van der Waals surface area contributed by atoms with Crippen LogP contribution in [0.3, 0.4) is 0 Å². The quantitative estimate of drug-likeness (QED) is 0.596. The van der Waals surface area contributed by atoms with Gasteiger partial charge in [0.15, 0.2) is 5.96 Å². The Morgan fingerprint density at radius 3 is 2.62 bits per heavy atom. The highest BCUT2D eigenvalue weighted by atomic mass is 32.1. The minimum atomic E-state index is 0.296. The lowest BCUT2D eigenvalue weighted by Gasteiger charge is -2.24. The lowest BCUT2D eigenvalue weighted by atomic mass is 9.94. The zero-order chi connectivity index (χ0) is 17.4. The molecule has 0 amide bonds. The van der Waals surface area contributed by atoms with E-state index in [1.807, 2.05) is 13.2 Å². The monoisotopic (exact) mass is 344 g/mol. The summed E-state index contributed by atoms with van der Waals surface area (Å²) in [6.07, 6.45) is 3.97. The van der Waals surface area contributed by atoms with Crippen LogP contribution in [0.15, 0.2) is 41.5 Å². The third-order valence-corrected chi connectivity index (χ3v) is 5.45. The summed E-state index contributed by atoms with van der Waals surface area (Å²) in [5, 5.41) is 8.06. The number of aromatic nitrogens is 1. The van der Waals surface area contributed by atoms with E-state index >= 15 is 0 Å². The van der Waals surface area contributed by atoms with Crippen LogP contribution in [0.5, 0.6) is 0 Å². The van der Waals surface area contributed by atoms with Crippen molar-refractivity contribution >= 4 is 17.3 Å². The summed E-state index contributed by atoms with van der Waals surface area (Å²) < 4.78 is 0. The highest BCUT2D eigenvalue weighted by Crippen LogP contribution is 2.18. The van der Waals surface area contributed by atoms with Crippen molar-refractivity contribution in [3.8, 4) is 0 Å². The number of aliphatic imine (C=N–C) groups is 1. The molecule has 0 bridgehead atoms. The van der Waals surface area contributed by atoms with Crippen LogP contribution in [0, 0.1) is 0 Å². The van der Waals surface area contributed by atoms with Crippen molar-refractivity contribution in [3.63, 3.8) is 0 Å².